The van der Waals surface area contributed by atoms with Crippen LogP contribution in [0.3, 0.4) is 0 Å². The van der Waals surface area contributed by atoms with Crippen LogP contribution < -0.4 is 5.32 Å². The molecule has 0 bridgehead atoms. The van der Waals surface area contributed by atoms with E-state index in [9.17, 15) is 18.8 Å². The number of carbonyl (C=O) groups is 3. The molecule has 28 heavy (non-hydrogen) atoms. The first-order valence-corrected chi connectivity index (χ1v) is 9.95. The van der Waals surface area contributed by atoms with Crippen molar-refractivity contribution in [2.45, 2.75) is 31.8 Å². The number of urea groups is 1. The first kappa shape index (κ1) is 18.6. The maximum atomic E-state index is 13.2. The minimum atomic E-state index is -1.32. The van der Waals surface area contributed by atoms with Crippen molar-refractivity contribution >= 4 is 29.2 Å². The van der Waals surface area contributed by atoms with E-state index in [0.717, 1.165) is 16.9 Å². The summed E-state index contributed by atoms with van der Waals surface area (Å²) in [5, 5.41) is 4.66. The fraction of sp³-hybridized carbons (Fsp3) is 0.350. The van der Waals surface area contributed by atoms with Gasteiger partial charge in [-0.2, -0.15) is 0 Å². The normalized spacial score (nSPS) is 24.3. The summed E-state index contributed by atoms with van der Waals surface area (Å²) in [5.41, 5.74) is 0.272. The van der Waals surface area contributed by atoms with Gasteiger partial charge in [0, 0.05) is 11.4 Å². The molecule has 1 aromatic carbocycles. The summed E-state index contributed by atoms with van der Waals surface area (Å²) in [6.45, 7) is 3.76. The van der Waals surface area contributed by atoms with Crippen molar-refractivity contribution in [1.82, 2.24) is 15.1 Å². The highest BCUT2D eigenvalue weighted by molar-refractivity contribution is 7.10. The van der Waals surface area contributed by atoms with Crippen molar-refractivity contribution in [3.8, 4) is 0 Å². The summed E-state index contributed by atoms with van der Waals surface area (Å²) in [6.07, 6.45) is 0.774. The number of hydrogen-bond donors (Lipinski definition) is 1. The molecule has 1 saturated heterocycles. The van der Waals surface area contributed by atoms with E-state index in [1.165, 1.54) is 29.1 Å². The Hall–Kier alpha value is -2.74. The van der Waals surface area contributed by atoms with Gasteiger partial charge in [-0.25, -0.2) is 9.18 Å². The molecule has 8 heteroatoms. The molecule has 1 aromatic heterocycles. The van der Waals surface area contributed by atoms with Gasteiger partial charge in [0.1, 0.15) is 17.9 Å². The standard InChI is InChI=1S/C20H20FN3O3S/c1-12-15-8-10-28-16(15)7-9-23(12)17(25)11-24-18(26)20(2,22-19(24)27)13-3-5-14(21)6-4-13/h3-6,8,10,12H,7,9,11H2,1-2H3,(H,22,27)/t12-,20-/m1/s1. The van der Waals surface area contributed by atoms with Gasteiger partial charge < -0.3 is 10.2 Å². The summed E-state index contributed by atoms with van der Waals surface area (Å²) in [5.74, 6) is -1.21. The monoisotopic (exact) mass is 401 g/mol. The highest BCUT2D eigenvalue weighted by Gasteiger charge is 2.50. The van der Waals surface area contributed by atoms with E-state index in [-0.39, 0.29) is 18.5 Å². The molecule has 4 amide bonds. The Labute approximate surface area is 165 Å². The molecule has 1 N–H and O–H groups in total. The average Bonchev–Trinajstić information content (AvgIpc) is 3.22. The molecule has 0 radical (unpaired) electrons. The van der Waals surface area contributed by atoms with E-state index in [4.69, 9.17) is 0 Å². The van der Waals surface area contributed by atoms with Crippen LogP contribution in [0.1, 0.15) is 35.9 Å². The molecule has 3 heterocycles. The van der Waals surface area contributed by atoms with E-state index in [0.29, 0.717) is 12.1 Å². The molecule has 6 nitrogen and oxygen atoms in total. The maximum absolute atomic E-state index is 13.2. The number of fused-ring (bicyclic) bond motifs is 1. The van der Waals surface area contributed by atoms with Crippen molar-refractivity contribution in [3.63, 3.8) is 0 Å². The number of imide groups is 1. The summed E-state index contributed by atoms with van der Waals surface area (Å²) < 4.78 is 13.2. The molecular weight excluding hydrogens is 381 g/mol. The Bertz CT molecular complexity index is 958. The third-order valence-corrected chi connectivity index (χ3v) is 6.58. The number of benzene rings is 1. The quantitative estimate of drug-likeness (QED) is 0.804. The Morgan fingerprint density at radius 2 is 2.00 bits per heavy atom. The minimum Gasteiger partial charge on any atom is -0.334 e. The van der Waals surface area contributed by atoms with Crippen LogP contribution in [0, 0.1) is 5.82 Å². The lowest BCUT2D eigenvalue weighted by molar-refractivity contribution is -0.140. The number of nitrogens with one attached hydrogen (secondary N) is 1. The molecule has 2 aromatic rings. The Balaban J connectivity index is 1.52. The smallest absolute Gasteiger partial charge is 0.325 e. The van der Waals surface area contributed by atoms with Gasteiger partial charge in [0.05, 0.1) is 6.04 Å². The topological polar surface area (TPSA) is 69.7 Å². The molecule has 146 valence electrons. The fourth-order valence-corrected chi connectivity index (χ4v) is 4.86. The van der Waals surface area contributed by atoms with Gasteiger partial charge >= 0.3 is 6.03 Å². The third kappa shape index (κ3) is 2.88. The lowest BCUT2D eigenvalue weighted by atomic mass is 9.92. The van der Waals surface area contributed by atoms with E-state index >= 15 is 0 Å². The van der Waals surface area contributed by atoms with Crippen molar-refractivity contribution < 1.29 is 18.8 Å². The molecule has 2 aliphatic heterocycles. The minimum absolute atomic E-state index is 0.0910. The highest BCUT2D eigenvalue weighted by atomic mass is 32.1. The van der Waals surface area contributed by atoms with Crippen molar-refractivity contribution in [1.29, 1.82) is 0 Å². The van der Waals surface area contributed by atoms with Gasteiger partial charge in [0.25, 0.3) is 5.91 Å². The number of carbonyl (C=O) groups excluding carboxylic acids is 3. The molecule has 1 fully saturated rings. The molecule has 2 atom stereocenters. The highest BCUT2D eigenvalue weighted by Crippen LogP contribution is 2.34. The van der Waals surface area contributed by atoms with E-state index in [1.807, 2.05) is 18.4 Å². The predicted octanol–water partition coefficient (Wildman–Crippen LogP) is 2.80. The Kier molecular flexibility index (Phi) is 4.45. The van der Waals surface area contributed by atoms with E-state index < -0.39 is 23.3 Å². The molecule has 0 aliphatic carbocycles. The first-order valence-electron chi connectivity index (χ1n) is 9.07. The second-order valence-electron chi connectivity index (χ2n) is 7.27. The first-order chi connectivity index (χ1) is 13.3. The van der Waals surface area contributed by atoms with Crippen molar-refractivity contribution in [3.05, 3.63) is 57.5 Å². The number of hydrogen-bond acceptors (Lipinski definition) is 4. The molecular formula is C20H20FN3O3S. The number of halogens is 1. The predicted molar refractivity (Wildman–Crippen MR) is 102 cm³/mol. The molecule has 0 spiro atoms. The van der Waals surface area contributed by atoms with E-state index in [1.54, 1.807) is 23.2 Å². The summed E-state index contributed by atoms with van der Waals surface area (Å²) >= 11 is 1.68. The second-order valence-corrected chi connectivity index (χ2v) is 8.27. The number of nitrogens with zero attached hydrogens (tertiary/aromatic N) is 2. The maximum Gasteiger partial charge on any atom is 0.325 e. The number of rotatable bonds is 3. The van der Waals surface area contributed by atoms with Crippen LogP contribution in [0.2, 0.25) is 0 Å². The Morgan fingerprint density at radius 3 is 2.71 bits per heavy atom. The lowest BCUT2D eigenvalue weighted by Gasteiger charge is -2.34. The summed E-state index contributed by atoms with van der Waals surface area (Å²) in [6, 6.07) is 6.71. The third-order valence-electron chi connectivity index (χ3n) is 5.59. The van der Waals surface area contributed by atoms with Crippen LogP contribution in [-0.4, -0.2) is 40.7 Å². The average molecular weight is 401 g/mol. The zero-order chi connectivity index (χ0) is 20.1. The van der Waals surface area contributed by atoms with Crippen LogP contribution in [-0.2, 0) is 21.5 Å². The zero-order valence-electron chi connectivity index (χ0n) is 15.6. The van der Waals surface area contributed by atoms with Gasteiger partial charge in [-0.05, 0) is 55.0 Å². The molecule has 2 aliphatic rings. The van der Waals surface area contributed by atoms with Gasteiger partial charge in [-0.3, -0.25) is 14.5 Å². The van der Waals surface area contributed by atoms with Gasteiger partial charge in [-0.1, -0.05) is 12.1 Å². The van der Waals surface area contributed by atoms with Crippen molar-refractivity contribution in [2.24, 2.45) is 0 Å². The fourth-order valence-electron chi connectivity index (χ4n) is 3.90. The number of thiophene rings is 1. The van der Waals surface area contributed by atoms with Crippen LogP contribution in [0.4, 0.5) is 9.18 Å². The lowest BCUT2D eigenvalue weighted by Crippen LogP contribution is -2.46. The van der Waals surface area contributed by atoms with Crippen molar-refractivity contribution in [2.75, 3.05) is 13.1 Å². The van der Waals surface area contributed by atoms with Crippen LogP contribution in [0.15, 0.2) is 35.7 Å². The van der Waals surface area contributed by atoms with E-state index in [2.05, 4.69) is 5.32 Å². The van der Waals surface area contributed by atoms with Gasteiger partial charge in [0.2, 0.25) is 5.91 Å². The zero-order valence-corrected chi connectivity index (χ0v) is 16.4. The molecule has 4 rings (SSSR count). The van der Waals surface area contributed by atoms with Crippen LogP contribution in [0.5, 0.6) is 0 Å². The molecule has 0 saturated carbocycles. The second kappa shape index (κ2) is 6.70. The van der Waals surface area contributed by atoms with Gasteiger partial charge in [-0.15, -0.1) is 11.3 Å². The van der Waals surface area contributed by atoms with Crippen LogP contribution in [0.25, 0.3) is 0 Å². The summed E-state index contributed by atoms with van der Waals surface area (Å²) in [4.78, 5) is 42.2. The number of amides is 4. The molecule has 0 unspecified atom stereocenters. The van der Waals surface area contributed by atoms with Crippen LogP contribution >= 0.6 is 11.3 Å². The SMILES string of the molecule is C[C@@H]1c2ccsc2CCN1C(=O)CN1C(=O)N[C@](C)(c2ccc(F)cc2)C1=O. The summed E-state index contributed by atoms with van der Waals surface area (Å²) in [7, 11) is 0. The van der Waals surface area contributed by atoms with Gasteiger partial charge in [0.15, 0.2) is 0 Å². The largest absolute Gasteiger partial charge is 0.334 e. The Morgan fingerprint density at radius 1 is 1.29 bits per heavy atom.